The van der Waals surface area contributed by atoms with Gasteiger partial charge in [-0.15, -0.1) is 12.4 Å². The molecule has 2 bridgehead atoms. The van der Waals surface area contributed by atoms with Gasteiger partial charge in [-0.3, -0.25) is 14.9 Å². The number of carbonyl (C=O) groups is 1. The van der Waals surface area contributed by atoms with E-state index < -0.39 is 4.92 Å². The Kier molecular flexibility index (Phi) is 6.82. The van der Waals surface area contributed by atoms with Gasteiger partial charge in [-0.25, -0.2) is 0 Å². The molecule has 3 rings (SSSR count). The number of hydrogen-bond acceptors (Lipinski definition) is 4. The summed E-state index contributed by atoms with van der Waals surface area (Å²) in [6.07, 6.45) is 5.70. The van der Waals surface area contributed by atoms with Crippen LogP contribution in [0.2, 0.25) is 0 Å². The maximum Gasteiger partial charge on any atom is 0.270 e. The molecule has 2 unspecified atom stereocenters. The highest BCUT2D eigenvalue weighted by Gasteiger charge is 2.39. The zero-order valence-electron chi connectivity index (χ0n) is 13.8. The highest BCUT2D eigenvalue weighted by Crippen LogP contribution is 2.39. The highest BCUT2D eigenvalue weighted by molar-refractivity contribution is 9.10. The summed E-state index contributed by atoms with van der Waals surface area (Å²) in [5.41, 5.74) is 6.90. The van der Waals surface area contributed by atoms with Crippen molar-refractivity contribution in [2.45, 2.75) is 50.6 Å². The van der Waals surface area contributed by atoms with Crippen molar-refractivity contribution in [3.05, 3.63) is 38.3 Å². The summed E-state index contributed by atoms with van der Waals surface area (Å²) in [6.45, 7) is 0. The van der Waals surface area contributed by atoms with Crippen molar-refractivity contribution in [3.63, 3.8) is 0 Å². The Bertz CT molecular complexity index is 644. The summed E-state index contributed by atoms with van der Waals surface area (Å²) in [4.78, 5) is 22.8. The van der Waals surface area contributed by atoms with E-state index in [0.29, 0.717) is 16.3 Å². The molecule has 0 heterocycles. The number of benzene rings is 1. The summed E-state index contributed by atoms with van der Waals surface area (Å²) in [5.74, 6) is 0.940. The monoisotopic (exact) mass is 431 g/mol. The number of halogens is 2. The molecule has 2 atom stereocenters. The smallest absolute Gasteiger partial charge is 0.270 e. The molecular weight excluding hydrogens is 410 g/mol. The van der Waals surface area contributed by atoms with Gasteiger partial charge in [0.15, 0.2) is 0 Å². The van der Waals surface area contributed by atoms with Crippen LogP contribution in [0.4, 0.5) is 5.69 Å². The number of nitrogens with two attached hydrogens (primary N) is 1. The minimum atomic E-state index is -0.443. The van der Waals surface area contributed by atoms with Gasteiger partial charge < -0.3 is 11.1 Å². The number of amides is 1. The molecule has 3 N–H and O–H groups in total. The number of hydrogen-bond donors (Lipinski definition) is 2. The van der Waals surface area contributed by atoms with E-state index in [4.69, 9.17) is 5.73 Å². The third-order valence-electron chi connectivity index (χ3n) is 5.30. The van der Waals surface area contributed by atoms with Crippen LogP contribution in [0.3, 0.4) is 0 Å². The van der Waals surface area contributed by atoms with Crippen molar-refractivity contribution >= 4 is 39.9 Å². The number of nitro groups is 1. The predicted molar refractivity (Wildman–Crippen MR) is 102 cm³/mol. The van der Waals surface area contributed by atoms with Gasteiger partial charge in [0.05, 0.1) is 11.3 Å². The molecule has 0 saturated heterocycles. The lowest BCUT2D eigenvalue weighted by Gasteiger charge is -2.45. The van der Waals surface area contributed by atoms with E-state index in [1.54, 1.807) is 6.07 Å². The first kappa shape index (κ1) is 20.1. The molecular formula is C17H23BrClN3O3. The third kappa shape index (κ3) is 4.71. The summed E-state index contributed by atoms with van der Waals surface area (Å²) in [7, 11) is 0. The quantitative estimate of drug-likeness (QED) is 0.563. The van der Waals surface area contributed by atoms with E-state index in [2.05, 4.69) is 21.2 Å². The zero-order chi connectivity index (χ0) is 17.3. The largest absolute Gasteiger partial charge is 0.353 e. The lowest BCUT2D eigenvalue weighted by atomic mass is 9.67. The number of nitrogens with one attached hydrogen (secondary N) is 1. The second kappa shape index (κ2) is 8.47. The van der Waals surface area contributed by atoms with Crippen LogP contribution in [0, 0.1) is 22.0 Å². The standard InChI is InChI=1S/C17H22BrN3O3.ClH/c18-15-9-14(21(23)24)5-4-10(15)8-16(22)20-17-11-2-1-3-12(17)7-13(19)6-11;/h4-5,9,11-13,17H,1-3,6-8,19H2,(H,20,22);1H. The Morgan fingerprint density at radius 1 is 1.32 bits per heavy atom. The van der Waals surface area contributed by atoms with Crippen LogP contribution < -0.4 is 11.1 Å². The SMILES string of the molecule is Cl.NC1CC2CCCC(C1)C2NC(=O)Cc1ccc([N+](=O)[O-])cc1Br. The van der Waals surface area contributed by atoms with Gasteiger partial charge in [-0.2, -0.15) is 0 Å². The molecule has 2 fully saturated rings. The first-order valence-corrected chi connectivity index (χ1v) is 9.21. The third-order valence-corrected chi connectivity index (χ3v) is 6.04. The average Bonchev–Trinajstić information content (AvgIpc) is 2.50. The van der Waals surface area contributed by atoms with E-state index in [1.165, 1.54) is 18.6 Å². The van der Waals surface area contributed by atoms with Gasteiger partial charge in [0, 0.05) is 28.7 Å². The normalized spacial score (nSPS) is 27.9. The van der Waals surface area contributed by atoms with Gasteiger partial charge in [-0.1, -0.05) is 28.4 Å². The van der Waals surface area contributed by atoms with E-state index in [-0.39, 0.29) is 42.5 Å². The minimum absolute atomic E-state index is 0. The number of rotatable bonds is 4. The summed E-state index contributed by atoms with van der Waals surface area (Å²) < 4.78 is 0.595. The van der Waals surface area contributed by atoms with E-state index >= 15 is 0 Å². The lowest BCUT2D eigenvalue weighted by molar-refractivity contribution is -0.384. The fraction of sp³-hybridized carbons (Fsp3) is 0.588. The van der Waals surface area contributed by atoms with Crippen LogP contribution in [-0.4, -0.2) is 22.9 Å². The van der Waals surface area contributed by atoms with Crippen LogP contribution in [0.15, 0.2) is 22.7 Å². The molecule has 6 nitrogen and oxygen atoms in total. The molecule has 0 aromatic heterocycles. The Hall–Kier alpha value is -1.18. The molecule has 8 heteroatoms. The van der Waals surface area contributed by atoms with Crippen molar-refractivity contribution in [1.82, 2.24) is 5.32 Å². The topological polar surface area (TPSA) is 98.3 Å². The molecule has 0 spiro atoms. The van der Waals surface area contributed by atoms with Crippen LogP contribution >= 0.6 is 28.3 Å². The molecule has 2 aliphatic carbocycles. The minimum Gasteiger partial charge on any atom is -0.353 e. The lowest BCUT2D eigenvalue weighted by Crippen LogP contribution is -2.54. The maximum absolute atomic E-state index is 12.5. The second-order valence-electron chi connectivity index (χ2n) is 6.99. The van der Waals surface area contributed by atoms with E-state index in [9.17, 15) is 14.9 Å². The molecule has 0 radical (unpaired) electrons. The molecule has 2 aliphatic rings. The Morgan fingerprint density at radius 3 is 2.52 bits per heavy atom. The van der Waals surface area contributed by atoms with Crippen LogP contribution in [0.5, 0.6) is 0 Å². The Labute approximate surface area is 161 Å². The first-order chi connectivity index (χ1) is 11.4. The van der Waals surface area contributed by atoms with Gasteiger partial charge in [0.1, 0.15) is 0 Å². The van der Waals surface area contributed by atoms with Crippen molar-refractivity contribution in [3.8, 4) is 0 Å². The van der Waals surface area contributed by atoms with Gasteiger partial charge in [0.2, 0.25) is 5.91 Å². The number of nitrogens with zero attached hydrogens (tertiary/aromatic N) is 1. The van der Waals surface area contributed by atoms with Gasteiger partial charge >= 0.3 is 0 Å². The number of carbonyl (C=O) groups excluding carboxylic acids is 1. The van der Waals surface area contributed by atoms with E-state index in [1.807, 2.05) is 0 Å². The van der Waals surface area contributed by atoms with Crippen molar-refractivity contribution < 1.29 is 9.72 Å². The van der Waals surface area contributed by atoms with Crippen molar-refractivity contribution in [2.24, 2.45) is 17.6 Å². The predicted octanol–water partition coefficient (Wildman–Crippen LogP) is 3.34. The number of non-ortho nitro benzene ring substituents is 1. The molecule has 1 aromatic rings. The molecule has 2 saturated carbocycles. The second-order valence-corrected chi connectivity index (χ2v) is 7.84. The highest BCUT2D eigenvalue weighted by atomic mass is 79.9. The maximum atomic E-state index is 12.5. The van der Waals surface area contributed by atoms with Gasteiger partial charge in [-0.05, 0) is 43.1 Å². The van der Waals surface area contributed by atoms with Gasteiger partial charge in [0.25, 0.3) is 5.69 Å². The summed E-state index contributed by atoms with van der Waals surface area (Å²) in [5, 5.41) is 14.0. The average molecular weight is 433 g/mol. The molecule has 1 aromatic carbocycles. The van der Waals surface area contributed by atoms with Crippen molar-refractivity contribution in [2.75, 3.05) is 0 Å². The summed E-state index contributed by atoms with van der Waals surface area (Å²) >= 11 is 3.32. The van der Waals surface area contributed by atoms with Crippen LogP contribution in [0.25, 0.3) is 0 Å². The fourth-order valence-corrected chi connectivity index (χ4v) is 4.73. The molecule has 1 amide bonds. The zero-order valence-corrected chi connectivity index (χ0v) is 16.2. The number of fused-ring (bicyclic) bond motifs is 2. The Balaban J connectivity index is 0.00000225. The molecule has 0 aliphatic heterocycles. The Morgan fingerprint density at radius 2 is 1.96 bits per heavy atom. The first-order valence-electron chi connectivity index (χ1n) is 8.42. The fourth-order valence-electron chi connectivity index (χ4n) is 4.23. The van der Waals surface area contributed by atoms with E-state index in [0.717, 1.165) is 31.2 Å². The number of nitro benzene ring substituents is 1. The summed E-state index contributed by atoms with van der Waals surface area (Å²) in [6, 6.07) is 5.00. The van der Waals surface area contributed by atoms with Crippen LogP contribution in [0.1, 0.15) is 37.7 Å². The molecule has 25 heavy (non-hydrogen) atoms. The van der Waals surface area contributed by atoms with Crippen molar-refractivity contribution in [1.29, 1.82) is 0 Å². The molecule has 138 valence electrons. The van der Waals surface area contributed by atoms with Crippen LogP contribution in [-0.2, 0) is 11.2 Å².